The van der Waals surface area contributed by atoms with Crippen LogP contribution in [-0.2, 0) is 16.0 Å². The number of nitrogens with one attached hydrogen (secondary N) is 2. The minimum absolute atomic E-state index is 0.00455. The molecule has 1 atom stereocenters. The van der Waals surface area contributed by atoms with Crippen LogP contribution in [0.1, 0.15) is 64.0 Å². The number of rotatable bonds is 7. The highest BCUT2D eigenvalue weighted by molar-refractivity contribution is 9.10. The van der Waals surface area contributed by atoms with E-state index >= 15 is 0 Å². The predicted octanol–water partition coefficient (Wildman–Crippen LogP) is 3.88. The molecule has 2 N–H and O–H groups in total. The second kappa shape index (κ2) is 8.99. The van der Waals surface area contributed by atoms with E-state index in [2.05, 4.69) is 26.2 Å². The number of aromatic nitrogens is 1. The number of Topliss-reactive ketones (excluding diaryl/α,β-unsaturated/α-hetero) is 1. The Hall–Kier alpha value is -2.41. The van der Waals surface area contributed by atoms with Crippen molar-refractivity contribution in [1.29, 1.82) is 0 Å². The summed E-state index contributed by atoms with van der Waals surface area (Å²) in [6.45, 7) is 5.15. The fourth-order valence-electron chi connectivity index (χ4n) is 3.13. The summed E-state index contributed by atoms with van der Waals surface area (Å²) in [5.41, 5.74) is 3.04. The highest BCUT2D eigenvalue weighted by Crippen LogP contribution is 2.24. The highest BCUT2D eigenvalue weighted by Gasteiger charge is 2.25. The first-order chi connectivity index (χ1) is 12.8. The molecule has 7 heteroatoms. The van der Waals surface area contributed by atoms with Gasteiger partial charge in [0.25, 0.3) is 5.91 Å². The maximum atomic E-state index is 12.9. The summed E-state index contributed by atoms with van der Waals surface area (Å²) in [6.07, 6.45) is 0.548. The van der Waals surface area contributed by atoms with E-state index in [9.17, 15) is 14.4 Å². The van der Waals surface area contributed by atoms with Crippen molar-refractivity contribution in [3.63, 3.8) is 0 Å². The Bertz CT molecular complexity index is 856. The van der Waals surface area contributed by atoms with Gasteiger partial charge in [-0.15, -0.1) is 0 Å². The van der Waals surface area contributed by atoms with Crippen molar-refractivity contribution in [3.8, 4) is 0 Å². The van der Waals surface area contributed by atoms with E-state index in [0.717, 1.165) is 10.0 Å². The molecular weight excluding hydrogens is 412 g/mol. The van der Waals surface area contributed by atoms with Gasteiger partial charge in [-0.25, -0.2) is 0 Å². The number of carbonyl (C=O) groups excluding carboxylic acids is 3. The zero-order valence-corrected chi connectivity index (χ0v) is 17.4. The van der Waals surface area contributed by atoms with Gasteiger partial charge in [-0.3, -0.25) is 14.4 Å². The van der Waals surface area contributed by atoms with E-state index < -0.39 is 12.0 Å². The normalized spacial score (nSPS) is 11.7. The summed E-state index contributed by atoms with van der Waals surface area (Å²) in [5.74, 6) is -0.871. The summed E-state index contributed by atoms with van der Waals surface area (Å²) in [6, 6.07) is 6.80. The lowest BCUT2D eigenvalue weighted by atomic mass is 10.0. The van der Waals surface area contributed by atoms with Gasteiger partial charge in [0.05, 0.1) is 19.6 Å². The van der Waals surface area contributed by atoms with E-state index in [1.807, 2.05) is 31.2 Å². The molecule has 144 valence electrons. The van der Waals surface area contributed by atoms with Crippen LogP contribution in [-0.4, -0.2) is 29.8 Å². The Labute approximate surface area is 166 Å². The second-order valence-electron chi connectivity index (χ2n) is 6.25. The summed E-state index contributed by atoms with van der Waals surface area (Å²) < 4.78 is 5.66. The third-order valence-electron chi connectivity index (χ3n) is 4.40. The van der Waals surface area contributed by atoms with Crippen molar-refractivity contribution in [3.05, 3.63) is 56.8 Å². The number of hydrogen-bond donors (Lipinski definition) is 2. The molecule has 0 spiro atoms. The molecule has 0 bridgehead atoms. The Balaban J connectivity index is 2.36. The number of amides is 1. The molecule has 6 nitrogen and oxygen atoms in total. The Morgan fingerprint density at radius 2 is 1.85 bits per heavy atom. The van der Waals surface area contributed by atoms with E-state index in [1.165, 1.54) is 14.0 Å². The smallest absolute Gasteiger partial charge is 0.307 e. The highest BCUT2D eigenvalue weighted by atomic mass is 79.9. The Morgan fingerprint density at radius 3 is 2.37 bits per heavy atom. The molecule has 0 aliphatic rings. The molecule has 2 aromatic rings. The molecule has 1 heterocycles. The van der Waals surface area contributed by atoms with E-state index in [1.54, 1.807) is 6.92 Å². The van der Waals surface area contributed by atoms with Gasteiger partial charge < -0.3 is 15.0 Å². The number of benzene rings is 1. The molecule has 27 heavy (non-hydrogen) atoms. The SMILES string of the molecule is CCc1c(C(=O)NC(CC(=O)OC)c2ccc(Br)cc2)[nH]c(C)c1C(C)=O. The van der Waals surface area contributed by atoms with Crippen molar-refractivity contribution in [2.24, 2.45) is 0 Å². The van der Waals surface area contributed by atoms with Crippen LogP contribution >= 0.6 is 15.9 Å². The topological polar surface area (TPSA) is 88.3 Å². The molecule has 1 amide bonds. The number of hydrogen-bond acceptors (Lipinski definition) is 4. The fourth-order valence-corrected chi connectivity index (χ4v) is 3.39. The lowest BCUT2D eigenvalue weighted by Gasteiger charge is -2.18. The number of ether oxygens (including phenoxy) is 1. The van der Waals surface area contributed by atoms with Crippen LogP contribution in [0.15, 0.2) is 28.7 Å². The van der Waals surface area contributed by atoms with Crippen LogP contribution in [0.2, 0.25) is 0 Å². The number of aromatic amines is 1. The van der Waals surface area contributed by atoms with Crippen LogP contribution in [0.5, 0.6) is 0 Å². The number of aryl methyl sites for hydroxylation is 1. The van der Waals surface area contributed by atoms with Crippen LogP contribution in [0, 0.1) is 6.92 Å². The van der Waals surface area contributed by atoms with Gasteiger partial charge in [0.1, 0.15) is 5.69 Å². The molecule has 1 aromatic heterocycles. The number of esters is 1. The van der Waals surface area contributed by atoms with Crippen molar-refractivity contribution in [2.45, 2.75) is 39.7 Å². The number of halogens is 1. The zero-order valence-electron chi connectivity index (χ0n) is 15.8. The fraction of sp³-hybridized carbons (Fsp3) is 0.350. The summed E-state index contributed by atoms with van der Waals surface area (Å²) >= 11 is 3.37. The molecule has 2 rings (SSSR count). The number of H-pyrrole nitrogens is 1. The van der Waals surface area contributed by atoms with E-state index in [0.29, 0.717) is 28.9 Å². The number of carbonyl (C=O) groups is 3. The summed E-state index contributed by atoms with van der Waals surface area (Å²) in [5, 5.41) is 2.89. The van der Waals surface area contributed by atoms with Gasteiger partial charge in [-0.2, -0.15) is 0 Å². The number of ketones is 1. The third kappa shape index (κ3) is 4.86. The maximum Gasteiger partial charge on any atom is 0.307 e. The van der Waals surface area contributed by atoms with Crippen LogP contribution < -0.4 is 5.32 Å². The standard InChI is InChI=1S/C20H23BrN2O4/c1-5-15-18(12(3)24)11(2)22-19(15)20(26)23-16(10-17(25)27-4)13-6-8-14(21)9-7-13/h6-9,16,22H,5,10H2,1-4H3,(H,23,26). The van der Waals surface area contributed by atoms with Gasteiger partial charge in [0.15, 0.2) is 5.78 Å². The van der Waals surface area contributed by atoms with E-state index in [4.69, 9.17) is 4.74 Å². The van der Waals surface area contributed by atoms with Crippen LogP contribution in [0.3, 0.4) is 0 Å². The van der Waals surface area contributed by atoms with Crippen molar-refractivity contribution < 1.29 is 19.1 Å². The average Bonchev–Trinajstić information content (AvgIpc) is 2.98. The van der Waals surface area contributed by atoms with Gasteiger partial charge in [0, 0.05) is 15.7 Å². The predicted molar refractivity (Wildman–Crippen MR) is 106 cm³/mol. The van der Waals surface area contributed by atoms with Crippen LogP contribution in [0.4, 0.5) is 0 Å². The summed E-state index contributed by atoms with van der Waals surface area (Å²) in [7, 11) is 1.31. The minimum atomic E-state index is -0.549. The lowest BCUT2D eigenvalue weighted by Crippen LogP contribution is -2.31. The molecule has 0 aliphatic carbocycles. The van der Waals surface area contributed by atoms with E-state index in [-0.39, 0.29) is 18.1 Å². The van der Waals surface area contributed by atoms with Crippen molar-refractivity contribution >= 4 is 33.6 Å². The molecule has 0 fully saturated rings. The maximum absolute atomic E-state index is 12.9. The molecule has 1 aromatic carbocycles. The first kappa shape index (κ1) is 20.9. The van der Waals surface area contributed by atoms with Gasteiger partial charge >= 0.3 is 5.97 Å². The second-order valence-corrected chi connectivity index (χ2v) is 7.16. The lowest BCUT2D eigenvalue weighted by molar-refractivity contribution is -0.141. The Morgan fingerprint density at radius 1 is 1.22 bits per heavy atom. The monoisotopic (exact) mass is 434 g/mol. The van der Waals surface area contributed by atoms with Crippen LogP contribution in [0.25, 0.3) is 0 Å². The molecule has 0 radical (unpaired) electrons. The van der Waals surface area contributed by atoms with Gasteiger partial charge in [0.2, 0.25) is 0 Å². The molecule has 0 saturated heterocycles. The Kier molecular flexibility index (Phi) is 6.96. The first-order valence-corrected chi connectivity index (χ1v) is 9.43. The summed E-state index contributed by atoms with van der Waals surface area (Å²) in [4.78, 5) is 39.7. The minimum Gasteiger partial charge on any atom is -0.469 e. The molecular formula is C20H23BrN2O4. The third-order valence-corrected chi connectivity index (χ3v) is 4.93. The first-order valence-electron chi connectivity index (χ1n) is 8.63. The average molecular weight is 435 g/mol. The van der Waals surface area contributed by atoms with Gasteiger partial charge in [-0.05, 0) is 43.5 Å². The van der Waals surface area contributed by atoms with Crippen molar-refractivity contribution in [2.75, 3.05) is 7.11 Å². The molecule has 1 unspecified atom stereocenters. The van der Waals surface area contributed by atoms with Gasteiger partial charge in [-0.1, -0.05) is 35.0 Å². The largest absolute Gasteiger partial charge is 0.469 e. The zero-order chi connectivity index (χ0) is 20.1. The van der Waals surface area contributed by atoms with Crippen molar-refractivity contribution in [1.82, 2.24) is 10.3 Å². The molecule has 0 saturated carbocycles. The quantitative estimate of drug-likeness (QED) is 0.510. The number of methoxy groups -OCH3 is 1. The molecule has 0 aliphatic heterocycles.